The third-order valence-corrected chi connectivity index (χ3v) is 2.66. The Bertz CT molecular complexity index is 348. The quantitative estimate of drug-likeness (QED) is 0.750. The number of rotatable bonds is 6. The second-order valence-electron chi connectivity index (χ2n) is 3.58. The third kappa shape index (κ3) is 3.03. The fraction of sp³-hybridized carbons (Fsp3) is 0.500. The van der Waals surface area contributed by atoms with E-state index in [1.165, 1.54) is 0 Å². The Kier molecular flexibility index (Phi) is 4.92. The second-order valence-corrected chi connectivity index (χ2v) is 3.58. The van der Waals surface area contributed by atoms with Crippen LogP contribution in [0.2, 0.25) is 0 Å². The zero-order chi connectivity index (χ0) is 12.0. The van der Waals surface area contributed by atoms with Gasteiger partial charge in [-0.3, -0.25) is 4.90 Å². The summed E-state index contributed by atoms with van der Waals surface area (Å²) in [7, 11) is 1.59. The van der Waals surface area contributed by atoms with Gasteiger partial charge in [-0.1, -0.05) is 19.9 Å². The summed E-state index contributed by atoms with van der Waals surface area (Å²) < 4.78 is 5.12. The van der Waals surface area contributed by atoms with Gasteiger partial charge in [0.1, 0.15) is 11.4 Å². The molecule has 0 unspecified atom stereocenters. The minimum Gasteiger partial charge on any atom is -0.494 e. The van der Waals surface area contributed by atoms with Crippen LogP contribution >= 0.6 is 0 Å². The van der Waals surface area contributed by atoms with Crippen LogP contribution in [0.25, 0.3) is 0 Å². The molecule has 0 spiro atoms. The molecule has 1 rings (SSSR count). The maximum Gasteiger partial charge on any atom is 0.146 e. The monoisotopic (exact) mass is 221 g/mol. The summed E-state index contributed by atoms with van der Waals surface area (Å²) in [6, 6.07) is 5.79. The predicted octanol–water partition coefficient (Wildman–Crippen LogP) is 3.20. The summed E-state index contributed by atoms with van der Waals surface area (Å²) in [5.74, 6) is 0.651. The lowest BCUT2D eigenvalue weighted by Crippen LogP contribution is -2.21. The average Bonchev–Trinajstić information content (AvgIpc) is 2.35. The van der Waals surface area contributed by atoms with Crippen LogP contribution in [0.1, 0.15) is 19.4 Å². The maximum absolute atomic E-state index is 7.09. The van der Waals surface area contributed by atoms with E-state index in [1.54, 1.807) is 7.11 Å². The smallest absolute Gasteiger partial charge is 0.146 e. The molecule has 0 aliphatic rings. The molecule has 0 saturated carbocycles. The van der Waals surface area contributed by atoms with E-state index in [0.29, 0.717) is 11.4 Å². The molecule has 0 aliphatic carbocycles. The topological polar surface area (TPSA) is 48.7 Å². The zero-order valence-corrected chi connectivity index (χ0v) is 10.2. The van der Waals surface area contributed by atoms with Gasteiger partial charge in [0, 0.05) is 6.54 Å². The van der Waals surface area contributed by atoms with Crippen LogP contribution in [-0.4, -0.2) is 25.1 Å². The van der Waals surface area contributed by atoms with E-state index < -0.39 is 0 Å². The average molecular weight is 221 g/mol. The minimum absolute atomic E-state index is 0.590. The van der Waals surface area contributed by atoms with Crippen LogP contribution in [0.3, 0.4) is 0 Å². The molecule has 0 fully saturated rings. The highest BCUT2D eigenvalue weighted by atomic mass is 16.5. The molecule has 0 amide bonds. The Balaban J connectivity index is 2.86. The second kappa shape index (κ2) is 6.23. The van der Waals surface area contributed by atoms with Crippen LogP contribution in [0.15, 0.2) is 23.3 Å². The molecule has 16 heavy (non-hydrogen) atoms. The molecule has 0 radical (unpaired) electrons. The van der Waals surface area contributed by atoms with Gasteiger partial charge in [0.15, 0.2) is 0 Å². The van der Waals surface area contributed by atoms with Gasteiger partial charge in [0.25, 0.3) is 0 Å². The van der Waals surface area contributed by atoms with Gasteiger partial charge in [0.2, 0.25) is 0 Å². The lowest BCUT2D eigenvalue weighted by atomic mass is 10.1. The molecule has 1 aromatic carbocycles. The molecule has 0 atom stereocenters. The Morgan fingerprint density at radius 3 is 2.50 bits per heavy atom. The van der Waals surface area contributed by atoms with E-state index in [1.807, 2.05) is 18.2 Å². The molecule has 1 aromatic rings. The van der Waals surface area contributed by atoms with E-state index >= 15 is 0 Å². The van der Waals surface area contributed by atoms with Crippen molar-refractivity contribution in [2.24, 2.45) is 5.11 Å². The molecule has 1 N–H and O–H groups in total. The van der Waals surface area contributed by atoms with E-state index in [9.17, 15) is 0 Å². The minimum atomic E-state index is 0.590. The van der Waals surface area contributed by atoms with Crippen molar-refractivity contribution in [3.05, 3.63) is 23.8 Å². The summed E-state index contributed by atoms with van der Waals surface area (Å²) in [6.07, 6.45) is 0. The van der Waals surface area contributed by atoms with Gasteiger partial charge < -0.3 is 4.74 Å². The van der Waals surface area contributed by atoms with Crippen LogP contribution in [0.5, 0.6) is 5.75 Å². The molecule has 4 nitrogen and oxygen atoms in total. The van der Waals surface area contributed by atoms with Crippen molar-refractivity contribution >= 4 is 5.69 Å². The number of nitrogens with one attached hydrogen (secondary N) is 1. The van der Waals surface area contributed by atoms with E-state index in [0.717, 1.165) is 25.2 Å². The molecule has 0 bridgehead atoms. The largest absolute Gasteiger partial charge is 0.494 e. The number of hydrogen-bond acceptors (Lipinski definition) is 4. The first-order valence-electron chi connectivity index (χ1n) is 5.51. The van der Waals surface area contributed by atoms with Gasteiger partial charge in [-0.25, -0.2) is 5.53 Å². The fourth-order valence-corrected chi connectivity index (χ4v) is 1.63. The summed E-state index contributed by atoms with van der Waals surface area (Å²) >= 11 is 0. The zero-order valence-electron chi connectivity index (χ0n) is 10.2. The first-order chi connectivity index (χ1) is 7.74. The molecular weight excluding hydrogens is 202 g/mol. The van der Waals surface area contributed by atoms with Gasteiger partial charge in [-0.05, 0) is 30.8 Å². The van der Waals surface area contributed by atoms with Crippen molar-refractivity contribution < 1.29 is 4.74 Å². The molecule has 0 aromatic heterocycles. The Hall–Kier alpha value is -1.42. The lowest BCUT2D eigenvalue weighted by Gasteiger charge is -2.18. The highest BCUT2D eigenvalue weighted by Crippen LogP contribution is 2.28. The normalized spacial score (nSPS) is 10.5. The molecule has 0 heterocycles. The Labute approximate surface area is 96.7 Å². The van der Waals surface area contributed by atoms with Crippen molar-refractivity contribution in [1.29, 1.82) is 5.53 Å². The number of methoxy groups -OCH3 is 1. The molecule has 0 aliphatic heterocycles. The Morgan fingerprint density at radius 1 is 1.31 bits per heavy atom. The van der Waals surface area contributed by atoms with Gasteiger partial charge in [-0.2, -0.15) is 5.11 Å². The van der Waals surface area contributed by atoms with Crippen molar-refractivity contribution in [1.82, 2.24) is 4.90 Å². The van der Waals surface area contributed by atoms with Crippen molar-refractivity contribution in [3.63, 3.8) is 0 Å². The van der Waals surface area contributed by atoms with Crippen LogP contribution in [-0.2, 0) is 6.54 Å². The van der Waals surface area contributed by atoms with Crippen LogP contribution in [0, 0.1) is 5.53 Å². The molecule has 88 valence electrons. The van der Waals surface area contributed by atoms with E-state index in [4.69, 9.17) is 10.3 Å². The number of benzene rings is 1. The standard InChI is InChI=1S/C12H19N3O/c1-4-15(5-2)9-10-6-7-12(16-3)11(8-10)14-13/h6-8,13H,4-5,9H2,1-3H3. The summed E-state index contributed by atoms with van der Waals surface area (Å²) in [5, 5.41) is 3.47. The SMILES string of the molecule is CCN(CC)Cc1ccc(OC)c(N=N)c1. The van der Waals surface area contributed by atoms with E-state index in [-0.39, 0.29) is 0 Å². The first-order valence-corrected chi connectivity index (χ1v) is 5.51. The number of ether oxygens (including phenoxy) is 1. The Morgan fingerprint density at radius 2 is 2.00 bits per heavy atom. The highest BCUT2D eigenvalue weighted by Gasteiger charge is 2.06. The highest BCUT2D eigenvalue weighted by molar-refractivity contribution is 5.52. The van der Waals surface area contributed by atoms with E-state index in [2.05, 4.69) is 23.9 Å². The van der Waals surface area contributed by atoms with Gasteiger partial charge >= 0.3 is 0 Å². The first kappa shape index (κ1) is 12.6. The van der Waals surface area contributed by atoms with Crippen molar-refractivity contribution in [2.45, 2.75) is 20.4 Å². The third-order valence-electron chi connectivity index (χ3n) is 2.66. The fourth-order valence-electron chi connectivity index (χ4n) is 1.63. The summed E-state index contributed by atoms with van der Waals surface area (Å²) in [5.41, 5.74) is 8.84. The number of nitrogens with zero attached hydrogens (tertiary/aromatic N) is 2. The maximum atomic E-state index is 7.09. The van der Waals surface area contributed by atoms with Crippen molar-refractivity contribution in [2.75, 3.05) is 20.2 Å². The molecular formula is C12H19N3O. The number of hydrogen-bond donors (Lipinski definition) is 1. The molecule has 0 saturated heterocycles. The van der Waals surface area contributed by atoms with Gasteiger partial charge in [0.05, 0.1) is 7.11 Å². The van der Waals surface area contributed by atoms with Crippen LogP contribution < -0.4 is 4.74 Å². The van der Waals surface area contributed by atoms with Crippen molar-refractivity contribution in [3.8, 4) is 5.75 Å². The molecule has 4 heteroatoms. The van der Waals surface area contributed by atoms with Crippen LogP contribution in [0.4, 0.5) is 5.69 Å². The van der Waals surface area contributed by atoms with Gasteiger partial charge in [-0.15, -0.1) is 0 Å². The lowest BCUT2D eigenvalue weighted by molar-refractivity contribution is 0.296. The summed E-state index contributed by atoms with van der Waals surface area (Å²) in [6.45, 7) is 7.22. The predicted molar refractivity (Wildman–Crippen MR) is 64.4 cm³/mol. The summed E-state index contributed by atoms with van der Waals surface area (Å²) in [4.78, 5) is 2.32.